The SMILES string of the molecule is C=C(C)C=O.CNCc1ccc2c(c1)CCN=C2N. The maximum atomic E-state index is 9.41. The van der Waals surface area contributed by atoms with Gasteiger partial charge < -0.3 is 11.1 Å². The Bertz CT molecular complexity index is 492. The Morgan fingerprint density at radius 3 is 2.84 bits per heavy atom. The van der Waals surface area contributed by atoms with Gasteiger partial charge >= 0.3 is 0 Å². The van der Waals surface area contributed by atoms with Crippen molar-refractivity contribution < 1.29 is 4.79 Å². The maximum absolute atomic E-state index is 9.41. The van der Waals surface area contributed by atoms with Crippen LogP contribution in [0.5, 0.6) is 0 Å². The largest absolute Gasteiger partial charge is 0.383 e. The summed E-state index contributed by atoms with van der Waals surface area (Å²) in [7, 11) is 1.95. The fourth-order valence-corrected chi connectivity index (χ4v) is 1.80. The molecule has 0 bridgehead atoms. The van der Waals surface area contributed by atoms with Crippen LogP contribution in [0, 0.1) is 0 Å². The summed E-state index contributed by atoms with van der Waals surface area (Å²) in [5, 5.41) is 3.14. The highest BCUT2D eigenvalue weighted by atomic mass is 16.1. The first kappa shape index (κ1) is 15.1. The molecule has 0 atom stereocenters. The molecule has 0 aromatic heterocycles. The third-order valence-electron chi connectivity index (χ3n) is 2.69. The van der Waals surface area contributed by atoms with Crippen molar-refractivity contribution in [2.75, 3.05) is 13.6 Å². The van der Waals surface area contributed by atoms with E-state index in [1.54, 1.807) is 6.92 Å². The Hall–Kier alpha value is -1.94. The van der Waals surface area contributed by atoms with E-state index >= 15 is 0 Å². The van der Waals surface area contributed by atoms with Crippen molar-refractivity contribution >= 4 is 12.1 Å². The topological polar surface area (TPSA) is 67.5 Å². The zero-order valence-electron chi connectivity index (χ0n) is 11.6. The number of nitrogens with one attached hydrogen (secondary N) is 1. The number of amidine groups is 1. The minimum absolute atomic E-state index is 0.574. The average Bonchev–Trinajstić information content (AvgIpc) is 2.40. The van der Waals surface area contributed by atoms with E-state index in [1.807, 2.05) is 7.05 Å². The lowest BCUT2D eigenvalue weighted by molar-refractivity contribution is -0.104. The predicted molar refractivity (Wildman–Crippen MR) is 79.4 cm³/mol. The molecule has 1 aromatic rings. The van der Waals surface area contributed by atoms with Gasteiger partial charge in [0, 0.05) is 18.7 Å². The molecule has 2 rings (SSSR count). The van der Waals surface area contributed by atoms with Crippen LogP contribution >= 0.6 is 0 Å². The van der Waals surface area contributed by atoms with E-state index in [0.29, 0.717) is 11.4 Å². The first-order valence-electron chi connectivity index (χ1n) is 6.26. The van der Waals surface area contributed by atoms with Crippen LogP contribution in [0.15, 0.2) is 35.3 Å². The van der Waals surface area contributed by atoms with Gasteiger partial charge in [0.15, 0.2) is 0 Å². The van der Waals surface area contributed by atoms with Crippen molar-refractivity contribution in [3.8, 4) is 0 Å². The smallest absolute Gasteiger partial charge is 0.145 e. The Morgan fingerprint density at radius 2 is 2.26 bits per heavy atom. The van der Waals surface area contributed by atoms with Gasteiger partial charge in [-0.05, 0) is 37.1 Å². The number of fused-ring (bicyclic) bond motifs is 1. The molecule has 0 spiro atoms. The standard InChI is InChI=1S/C11H15N3.C4H6O/c1-13-7-8-2-3-10-9(6-8)4-5-14-11(10)12;1-4(2)3-5/h2-3,6,13H,4-5,7H2,1H3,(H2,12,14);3H,1H2,2H3. The summed E-state index contributed by atoms with van der Waals surface area (Å²) in [5.74, 6) is 0.683. The van der Waals surface area contributed by atoms with Crippen LogP contribution in [-0.4, -0.2) is 25.7 Å². The Balaban J connectivity index is 0.000000312. The molecule has 4 nitrogen and oxygen atoms in total. The Morgan fingerprint density at radius 1 is 1.58 bits per heavy atom. The summed E-state index contributed by atoms with van der Waals surface area (Å²) >= 11 is 0. The van der Waals surface area contributed by atoms with E-state index in [2.05, 4.69) is 35.1 Å². The van der Waals surface area contributed by atoms with Crippen molar-refractivity contribution in [2.45, 2.75) is 19.9 Å². The van der Waals surface area contributed by atoms with Crippen molar-refractivity contribution in [1.29, 1.82) is 0 Å². The van der Waals surface area contributed by atoms with Crippen LogP contribution in [0.25, 0.3) is 0 Å². The minimum atomic E-state index is 0.574. The number of aldehydes is 1. The molecule has 3 N–H and O–H groups in total. The van der Waals surface area contributed by atoms with Gasteiger partial charge in [0.2, 0.25) is 0 Å². The van der Waals surface area contributed by atoms with Crippen LogP contribution in [-0.2, 0) is 17.8 Å². The molecule has 4 heteroatoms. The number of allylic oxidation sites excluding steroid dienone is 1. The molecule has 1 aliphatic rings. The first-order valence-corrected chi connectivity index (χ1v) is 6.26. The fraction of sp³-hybridized carbons (Fsp3) is 0.333. The summed E-state index contributed by atoms with van der Waals surface area (Å²) in [6, 6.07) is 6.39. The second-order valence-corrected chi connectivity index (χ2v) is 4.50. The third-order valence-corrected chi connectivity index (χ3v) is 2.69. The molecule has 1 aromatic carbocycles. The van der Waals surface area contributed by atoms with Gasteiger partial charge in [0.1, 0.15) is 12.1 Å². The highest BCUT2D eigenvalue weighted by Crippen LogP contribution is 2.16. The van der Waals surface area contributed by atoms with Gasteiger partial charge in [-0.2, -0.15) is 0 Å². The van der Waals surface area contributed by atoms with E-state index in [4.69, 9.17) is 5.73 Å². The molecule has 0 fully saturated rings. The molecule has 1 aliphatic heterocycles. The number of aliphatic imine (C=N–C) groups is 1. The van der Waals surface area contributed by atoms with E-state index in [1.165, 1.54) is 11.1 Å². The van der Waals surface area contributed by atoms with Crippen LogP contribution < -0.4 is 11.1 Å². The van der Waals surface area contributed by atoms with Gasteiger partial charge in [0.25, 0.3) is 0 Å². The van der Waals surface area contributed by atoms with Crippen LogP contribution in [0.1, 0.15) is 23.6 Å². The second kappa shape index (κ2) is 7.48. The molecule has 0 aliphatic carbocycles. The lowest BCUT2D eigenvalue weighted by Crippen LogP contribution is -2.21. The average molecular weight is 259 g/mol. The number of nitrogens with zero attached hydrogens (tertiary/aromatic N) is 1. The number of rotatable bonds is 3. The van der Waals surface area contributed by atoms with Crippen LogP contribution in [0.4, 0.5) is 0 Å². The normalized spacial score (nSPS) is 12.6. The van der Waals surface area contributed by atoms with Gasteiger partial charge in [-0.25, -0.2) is 0 Å². The van der Waals surface area contributed by atoms with Crippen molar-refractivity contribution in [1.82, 2.24) is 5.32 Å². The summed E-state index contributed by atoms with van der Waals surface area (Å²) in [4.78, 5) is 13.6. The van der Waals surface area contributed by atoms with Crippen LogP contribution in [0.3, 0.4) is 0 Å². The van der Waals surface area contributed by atoms with Gasteiger partial charge in [-0.1, -0.05) is 24.8 Å². The van der Waals surface area contributed by atoms with Gasteiger partial charge in [-0.3, -0.25) is 9.79 Å². The minimum Gasteiger partial charge on any atom is -0.383 e. The van der Waals surface area contributed by atoms with E-state index in [9.17, 15) is 4.79 Å². The fourth-order valence-electron chi connectivity index (χ4n) is 1.80. The predicted octanol–water partition coefficient (Wildman–Crippen LogP) is 1.43. The first-order chi connectivity index (χ1) is 9.08. The molecule has 0 unspecified atom stereocenters. The molecular formula is C15H21N3O. The molecule has 0 saturated carbocycles. The quantitative estimate of drug-likeness (QED) is 0.637. The van der Waals surface area contributed by atoms with Gasteiger partial charge in [0.05, 0.1) is 0 Å². The molecular weight excluding hydrogens is 238 g/mol. The monoisotopic (exact) mass is 259 g/mol. The zero-order chi connectivity index (χ0) is 14.3. The molecule has 0 saturated heterocycles. The Kier molecular flexibility index (Phi) is 5.96. The second-order valence-electron chi connectivity index (χ2n) is 4.50. The lowest BCUT2D eigenvalue weighted by Gasteiger charge is -2.14. The summed E-state index contributed by atoms with van der Waals surface area (Å²) in [6.45, 7) is 6.69. The lowest BCUT2D eigenvalue weighted by atomic mass is 9.98. The van der Waals surface area contributed by atoms with E-state index in [-0.39, 0.29) is 0 Å². The number of hydrogen-bond acceptors (Lipinski definition) is 4. The Labute approximate surface area is 114 Å². The van der Waals surface area contributed by atoms with E-state index in [0.717, 1.165) is 31.4 Å². The number of carbonyl (C=O) groups excluding carboxylic acids is 1. The van der Waals surface area contributed by atoms with Crippen molar-refractivity contribution in [2.24, 2.45) is 10.7 Å². The maximum Gasteiger partial charge on any atom is 0.145 e. The molecule has 19 heavy (non-hydrogen) atoms. The summed E-state index contributed by atoms with van der Waals surface area (Å²) < 4.78 is 0. The van der Waals surface area contributed by atoms with Crippen molar-refractivity contribution in [3.05, 3.63) is 47.0 Å². The number of carbonyl (C=O) groups is 1. The van der Waals surface area contributed by atoms with Gasteiger partial charge in [-0.15, -0.1) is 0 Å². The highest BCUT2D eigenvalue weighted by Gasteiger charge is 2.11. The molecule has 0 amide bonds. The zero-order valence-corrected chi connectivity index (χ0v) is 11.6. The van der Waals surface area contributed by atoms with Crippen molar-refractivity contribution in [3.63, 3.8) is 0 Å². The molecule has 1 heterocycles. The number of benzene rings is 1. The highest BCUT2D eigenvalue weighted by molar-refractivity contribution is 5.99. The third kappa shape index (κ3) is 4.67. The van der Waals surface area contributed by atoms with Crippen LogP contribution in [0.2, 0.25) is 0 Å². The molecule has 0 radical (unpaired) electrons. The number of hydrogen-bond donors (Lipinski definition) is 2. The number of nitrogens with two attached hydrogens (primary N) is 1. The summed E-state index contributed by atoms with van der Waals surface area (Å²) in [6.07, 6.45) is 1.73. The molecule has 102 valence electrons. The van der Waals surface area contributed by atoms with E-state index < -0.39 is 0 Å². The summed E-state index contributed by atoms with van der Waals surface area (Å²) in [5.41, 5.74) is 10.1.